The Balaban J connectivity index is 0.000000895. The van der Waals surface area contributed by atoms with Gasteiger partial charge in [0.25, 0.3) is 0 Å². The molecule has 15 heteroatoms. The summed E-state index contributed by atoms with van der Waals surface area (Å²) in [6.45, 7) is 2.92. The quantitative estimate of drug-likeness (QED) is 0.0943. The van der Waals surface area contributed by atoms with Gasteiger partial charge in [-0.15, -0.1) is 0 Å². The van der Waals surface area contributed by atoms with Crippen LogP contribution in [0.25, 0.3) is 0 Å². The van der Waals surface area contributed by atoms with Crippen LogP contribution < -0.4 is 80.1 Å². The van der Waals surface area contributed by atoms with E-state index in [-0.39, 0.29) is 101 Å². The van der Waals surface area contributed by atoms with Crippen molar-refractivity contribution in [1.82, 2.24) is 5.48 Å². The molecule has 0 aromatic rings. The Hall–Kier alpha value is 0.340. The molecule has 3 saturated carbocycles. The number of hydrogen-bond acceptors (Lipinski definition) is 10. The number of Topliss-reactive ketones (excluding diaryl/α,β-unsaturated/α-hetero) is 1. The first-order valence-corrected chi connectivity index (χ1v) is 13.1. The summed E-state index contributed by atoms with van der Waals surface area (Å²) >= 11 is 0. The minimum absolute atomic E-state index is 0. The number of primary amides is 1. The largest absolute Gasteiger partial charge is 1.00 e. The molecule has 2 amide bonds. The molecule has 0 radical (unpaired) electrons. The summed E-state index contributed by atoms with van der Waals surface area (Å²) in [7, 11) is -5.33. The van der Waals surface area contributed by atoms with Crippen molar-refractivity contribution in [3.63, 3.8) is 0 Å². The van der Waals surface area contributed by atoms with Gasteiger partial charge in [0.05, 0.1) is 13.9 Å². The number of urea groups is 1. The smallest absolute Gasteiger partial charge is 0.790 e. The van der Waals surface area contributed by atoms with Gasteiger partial charge in [-0.25, -0.2) is 10.3 Å². The minimum atomic E-state index is -5.33. The average Bonchev–Trinajstić information content (AvgIpc) is 3.03. The molecule has 0 spiro atoms. The maximum absolute atomic E-state index is 12.8. The fourth-order valence-corrected chi connectivity index (χ4v) is 7.68. The Morgan fingerprint density at radius 2 is 1.81 bits per heavy atom. The number of amides is 2. The van der Waals surface area contributed by atoms with Crippen molar-refractivity contribution in [2.45, 2.75) is 70.5 Å². The van der Waals surface area contributed by atoms with Gasteiger partial charge in [-0.3, -0.25) is 14.8 Å². The maximum Gasteiger partial charge on any atom is 1.00 e. The summed E-state index contributed by atoms with van der Waals surface area (Å²) in [6, 6.07) is -0.940. The second kappa shape index (κ2) is 12.9. The number of fused-ring (bicyclic) bond motifs is 5. The number of carbonyl (C=O) groups is 3. The normalized spacial score (nSPS) is 38.1. The number of phosphoric acid groups is 1. The van der Waals surface area contributed by atoms with Crippen LogP contribution in [0, 0.1) is 28.6 Å². The maximum atomic E-state index is 12.8. The van der Waals surface area contributed by atoms with Crippen molar-refractivity contribution in [1.29, 1.82) is 0 Å². The number of hydrogen-bond donors (Lipinski definition) is 5. The fraction of sp³-hybridized carbons (Fsp3) is 0.773. The third-order valence-corrected chi connectivity index (χ3v) is 9.42. The second-order valence-electron chi connectivity index (χ2n) is 10.6. The van der Waals surface area contributed by atoms with Gasteiger partial charge in [0.15, 0.2) is 11.6 Å². The molecule has 12 nitrogen and oxygen atoms in total. The Labute approximate surface area is 259 Å². The average molecular weight is 562 g/mol. The molecule has 0 aromatic carbocycles. The van der Waals surface area contributed by atoms with Gasteiger partial charge >= 0.3 is 65.1 Å². The Bertz CT molecular complexity index is 977. The minimum Gasteiger partial charge on any atom is -0.790 e. The first-order chi connectivity index (χ1) is 16.1. The van der Waals surface area contributed by atoms with Crippen molar-refractivity contribution in [3.05, 3.63) is 11.6 Å². The summed E-state index contributed by atoms with van der Waals surface area (Å²) < 4.78 is 15.0. The van der Waals surface area contributed by atoms with E-state index in [1.807, 2.05) is 0 Å². The van der Waals surface area contributed by atoms with Crippen LogP contribution in [0.5, 0.6) is 0 Å². The van der Waals surface area contributed by atoms with Gasteiger partial charge in [-0.05, 0) is 67.8 Å². The first-order valence-electron chi connectivity index (χ1n) is 11.6. The number of nitrogens with one attached hydrogen (secondary N) is 1. The van der Waals surface area contributed by atoms with Crippen molar-refractivity contribution in [3.8, 4) is 0 Å². The van der Waals surface area contributed by atoms with Gasteiger partial charge in [0.1, 0.15) is 12.2 Å². The van der Waals surface area contributed by atoms with Crippen LogP contribution in [-0.4, -0.2) is 51.3 Å². The predicted octanol–water partition coefficient (Wildman–Crippen LogP) is -6.31. The van der Waals surface area contributed by atoms with E-state index in [2.05, 4.69) is 17.2 Å². The zero-order valence-electron chi connectivity index (χ0n) is 21.8. The van der Waals surface area contributed by atoms with Crippen molar-refractivity contribution >= 4 is 25.4 Å². The summed E-state index contributed by atoms with van der Waals surface area (Å²) in [5.74, 6) is -0.688. The zero-order valence-corrected chi connectivity index (χ0v) is 26.7. The van der Waals surface area contributed by atoms with E-state index >= 15 is 0 Å². The number of aliphatic hydroxyl groups excluding tert-OH is 1. The summed E-state index contributed by atoms with van der Waals surface area (Å²) in [4.78, 5) is 55.5. The molecule has 0 aliphatic heterocycles. The molecule has 0 heterocycles. The molecule has 0 saturated heterocycles. The van der Waals surface area contributed by atoms with Crippen molar-refractivity contribution in [2.75, 3.05) is 6.61 Å². The molecular weight excluding hydrogens is 529 g/mol. The molecule has 4 aliphatic carbocycles. The fourth-order valence-electron chi connectivity index (χ4n) is 7.41. The van der Waals surface area contributed by atoms with Gasteiger partial charge < -0.3 is 34.8 Å². The molecular formula is C22H33N2Na2O10P. The van der Waals surface area contributed by atoms with Crippen molar-refractivity contribution in [2.24, 2.45) is 34.3 Å². The molecule has 0 unspecified atom stereocenters. The van der Waals surface area contributed by atoms with Gasteiger partial charge in [-0.1, -0.05) is 19.4 Å². The number of ketones is 2. The number of rotatable bonds is 4. The molecule has 37 heavy (non-hydrogen) atoms. The monoisotopic (exact) mass is 562 g/mol. The van der Waals surface area contributed by atoms with E-state index in [4.69, 9.17) is 5.21 Å². The van der Waals surface area contributed by atoms with Crippen LogP contribution in [0.3, 0.4) is 0 Å². The van der Waals surface area contributed by atoms with Gasteiger partial charge in [0, 0.05) is 11.8 Å². The van der Waals surface area contributed by atoms with Crippen LogP contribution in [0.4, 0.5) is 4.79 Å². The number of hydroxylamine groups is 1. The van der Waals surface area contributed by atoms with Crippen LogP contribution in [0.1, 0.15) is 58.8 Å². The molecule has 3 fully saturated rings. The molecule has 198 valence electrons. The van der Waals surface area contributed by atoms with E-state index in [1.54, 1.807) is 13.0 Å². The third-order valence-electron chi connectivity index (χ3n) is 8.97. The van der Waals surface area contributed by atoms with Crippen LogP contribution >= 0.6 is 7.82 Å². The van der Waals surface area contributed by atoms with Crippen molar-refractivity contribution < 1.29 is 108 Å². The van der Waals surface area contributed by atoms with Gasteiger partial charge in [0.2, 0.25) is 0 Å². The van der Waals surface area contributed by atoms with Gasteiger partial charge in [-0.2, -0.15) is 0 Å². The first kappa shape index (κ1) is 35.4. The molecule has 0 aromatic heterocycles. The summed E-state index contributed by atoms with van der Waals surface area (Å²) in [6.07, 6.45) is 4.59. The molecule has 4 aliphatic rings. The molecule has 7 atom stereocenters. The number of carbonyl (C=O) groups excluding carboxylic acids is 3. The number of allylic oxidation sites excluding steroid dienone is 1. The number of phosphoric ester groups is 1. The Kier molecular flexibility index (Phi) is 12.3. The number of nitrogens with two attached hydrogens (primary N) is 1. The second-order valence-corrected chi connectivity index (χ2v) is 11.7. The zero-order chi connectivity index (χ0) is 26.4. The Morgan fingerprint density at radius 3 is 2.35 bits per heavy atom. The van der Waals surface area contributed by atoms with Crippen LogP contribution in [0.2, 0.25) is 0 Å². The van der Waals surface area contributed by atoms with E-state index in [1.165, 1.54) is 5.48 Å². The van der Waals surface area contributed by atoms with E-state index in [0.717, 1.165) is 18.4 Å². The van der Waals surface area contributed by atoms with Crippen LogP contribution in [0.15, 0.2) is 11.6 Å². The number of aliphatic hydroxyl groups is 2. The Morgan fingerprint density at radius 1 is 1.22 bits per heavy atom. The summed E-state index contributed by atoms with van der Waals surface area (Å²) in [5.41, 5.74) is 3.50. The molecule has 6 N–H and O–H groups in total. The van der Waals surface area contributed by atoms with E-state index < -0.39 is 43.4 Å². The molecule has 4 rings (SSSR count). The third kappa shape index (κ3) is 6.81. The van der Waals surface area contributed by atoms with Crippen LogP contribution in [-0.2, 0) is 18.7 Å². The predicted molar refractivity (Wildman–Crippen MR) is 116 cm³/mol. The molecule has 0 bridgehead atoms. The SMILES string of the molecule is C[C@]12CCC(=O)C=C1CC[C@@H]1[C@@H]2[C@@H](O)C[C@@]2(C)[C@H]1CC[C@]2(O)C(=O)COP(=O)([O-])[O-].NC(=O)NO.[Na+].[Na+]. The topological polar surface area (TPSA) is 222 Å². The summed E-state index contributed by atoms with van der Waals surface area (Å²) in [5, 5.41) is 30.0. The van der Waals surface area contributed by atoms with E-state index in [9.17, 15) is 38.9 Å². The van der Waals surface area contributed by atoms with E-state index in [0.29, 0.717) is 19.3 Å². The standard InChI is InChI=1S/C21H31O8P.CH4N2O2.2Na/c1-19-7-5-13(22)9-12(19)3-4-14-15-6-8-21(25,17(24)11-29-30(26,27)28)20(15,2)10-16(23)18(14)19;2-1(4)3-5;;/h9,14-16,18,23,25H,3-8,10-11H2,1-2H3,(H2,26,27,28);5H,(H3,2,3,4);;/q;;2*+1/p-2/t14-,15-,16-,18+,19-,20-,21-;;;/m0.../s1.